The van der Waals surface area contributed by atoms with Gasteiger partial charge in [0.1, 0.15) is 10.9 Å². The van der Waals surface area contributed by atoms with Crippen LogP contribution in [0.25, 0.3) is 5.69 Å². The summed E-state index contributed by atoms with van der Waals surface area (Å²) in [7, 11) is -4.02. The number of hydrogen-bond acceptors (Lipinski definition) is 4. The molecule has 24 heavy (non-hydrogen) atoms. The van der Waals surface area contributed by atoms with Crippen LogP contribution in [0.5, 0.6) is 0 Å². The molecule has 9 heteroatoms. The molecule has 7 nitrogen and oxygen atoms in total. The van der Waals surface area contributed by atoms with E-state index in [0.29, 0.717) is 16.4 Å². The Balaban J connectivity index is 2.39. The first-order valence-electron chi connectivity index (χ1n) is 7.19. The lowest BCUT2D eigenvalue weighted by atomic mass is 10.1. The van der Waals surface area contributed by atoms with E-state index >= 15 is 0 Å². The van der Waals surface area contributed by atoms with Crippen LogP contribution in [0.15, 0.2) is 35.4 Å². The Morgan fingerprint density at radius 1 is 1.29 bits per heavy atom. The molecule has 2 aromatic rings. The van der Waals surface area contributed by atoms with E-state index in [1.807, 2.05) is 0 Å². The van der Waals surface area contributed by atoms with Gasteiger partial charge in [0.25, 0.3) is 0 Å². The van der Waals surface area contributed by atoms with Crippen LogP contribution in [0, 0.1) is 12.8 Å². The van der Waals surface area contributed by atoms with Gasteiger partial charge in [-0.3, -0.25) is 4.79 Å². The molecule has 0 radical (unpaired) electrons. The van der Waals surface area contributed by atoms with Gasteiger partial charge in [0.05, 0.1) is 17.6 Å². The van der Waals surface area contributed by atoms with Crippen LogP contribution in [0.2, 0.25) is 5.02 Å². The van der Waals surface area contributed by atoms with Gasteiger partial charge in [0, 0.05) is 5.02 Å². The molecule has 0 unspecified atom stereocenters. The summed E-state index contributed by atoms with van der Waals surface area (Å²) in [5.41, 5.74) is 1.02. The second kappa shape index (κ2) is 6.92. The Labute approximate surface area is 145 Å². The summed E-state index contributed by atoms with van der Waals surface area (Å²) in [6, 6.07) is 5.54. The molecular weight excluding hydrogens is 354 g/mol. The lowest BCUT2D eigenvalue weighted by molar-refractivity contribution is -0.140. The first-order valence-corrected chi connectivity index (χ1v) is 9.05. The number of halogens is 1. The van der Waals surface area contributed by atoms with Crippen LogP contribution in [0.1, 0.15) is 19.5 Å². The standard InChI is InChI=1S/C15H18ClN3O4S/c1-9(2)14(15(20)21)18-24(22,23)13-8-17-19(10(13)3)12-6-4-11(16)5-7-12/h4-9,14,18H,1-3H3,(H,20,21)/t14-/m1/s1. The second-order valence-electron chi connectivity index (χ2n) is 5.66. The SMILES string of the molecule is Cc1c(S(=O)(=O)N[C@@H](C(=O)O)C(C)C)cnn1-c1ccc(Cl)cc1. The molecular formula is C15H18ClN3O4S. The smallest absolute Gasteiger partial charge is 0.322 e. The van der Waals surface area contributed by atoms with Gasteiger partial charge in [-0.2, -0.15) is 9.82 Å². The Bertz CT molecular complexity index is 844. The van der Waals surface area contributed by atoms with Gasteiger partial charge in [0.15, 0.2) is 0 Å². The van der Waals surface area contributed by atoms with Gasteiger partial charge in [0.2, 0.25) is 10.0 Å². The van der Waals surface area contributed by atoms with Crippen molar-refractivity contribution in [2.75, 3.05) is 0 Å². The molecule has 0 aliphatic rings. The van der Waals surface area contributed by atoms with Crippen LogP contribution in [-0.4, -0.2) is 35.3 Å². The number of carboxylic acid groups (broad SMARTS) is 1. The van der Waals surface area contributed by atoms with Crippen molar-refractivity contribution in [2.24, 2.45) is 5.92 Å². The van der Waals surface area contributed by atoms with Gasteiger partial charge in [-0.05, 0) is 37.1 Å². The predicted molar refractivity (Wildman–Crippen MR) is 89.9 cm³/mol. The summed E-state index contributed by atoms with van der Waals surface area (Å²) in [6.07, 6.45) is 1.20. The van der Waals surface area contributed by atoms with Crippen molar-refractivity contribution in [2.45, 2.75) is 31.7 Å². The van der Waals surface area contributed by atoms with Crippen molar-refractivity contribution in [3.8, 4) is 5.69 Å². The summed E-state index contributed by atoms with van der Waals surface area (Å²) < 4.78 is 28.7. The third-order valence-electron chi connectivity index (χ3n) is 3.54. The monoisotopic (exact) mass is 371 g/mol. The van der Waals surface area contributed by atoms with E-state index in [2.05, 4.69) is 9.82 Å². The molecule has 1 aromatic heterocycles. The number of carboxylic acids is 1. The van der Waals surface area contributed by atoms with Gasteiger partial charge in [-0.15, -0.1) is 0 Å². The zero-order valence-corrected chi connectivity index (χ0v) is 15.0. The second-order valence-corrected chi connectivity index (χ2v) is 7.78. The maximum Gasteiger partial charge on any atom is 0.322 e. The quantitative estimate of drug-likeness (QED) is 0.810. The molecule has 1 heterocycles. The molecule has 0 aliphatic carbocycles. The normalized spacial score (nSPS) is 13.2. The van der Waals surface area contributed by atoms with Gasteiger partial charge in [-0.1, -0.05) is 25.4 Å². The Kier molecular flexibility index (Phi) is 5.32. The Morgan fingerprint density at radius 3 is 2.38 bits per heavy atom. The lowest BCUT2D eigenvalue weighted by Crippen LogP contribution is -2.44. The minimum absolute atomic E-state index is 0.0654. The number of carbonyl (C=O) groups is 1. The minimum atomic E-state index is -4.02. The molecule has 2 N–H and O–H groups in total. The molecule has 1 aromatic carbocycles. The molecule has 2 rings (SSSR count). The highest BCUT2D eigenvalue weighted by molar-refractivity contribution is 7.89. The van der Waals surface area contributed by atoms with Crippen molar-refractivity contribution in [3.05, 3.63) is 41.2 Å². The van der Waals surface area contributed by atoms with E-state index < -0.39 is 28.0 Å². The van der Waals surface area contributed by atoms with Gasteiger partial charge >= 0.3 is 5.97 Å². The number of aromatic nitrogens is 2. The van der Waals surface area contributed by atoms with Crippen LogP contribution in [0.3, 0.4) is 0 Å². The number of rotatable bonds is 6. The summed E-state index contributed by atoms with van der Waals surface area (Å²) in [4.78, 5) is 11.2. The highest BCUT2D eigenvalue weighted by Gasteiger charge is 2.30. The zero-order chi connectivity index (χ0) is 18.1. The Hall–Kier alpha value is -1.90. The van der Waals surface area contributed by atoms with E-state index in [-0.39, 0.29) is 4.90 Å². The number of hydrogen-bond donors (Lipinski definition) is 2. The summed E-state index contributed by atoms with van der Waals surface area (Å²) in [6.45, 7) is 4.86. The lowest BCUT2D eigenvalue weighted by Gasteiger charge is -2.17. The topological polar surface area (TPSA) is 101 Å². The number of nitrogens with zero attached hydrogens (tertiary/aromatic N) is 2. The van der Waals surface area contributed by atoms with Crippen molar-refractivity contribution in [1.29, 1.82) is 0 Å². The van der Waals surface area contributed by atoms with E-state index in [4.69, 9.17) is 11.6 Å². The van der Waals surface area contributed by atoms with E-state index in [0.717, 1.165) is 0 Å². The number of aliphatic carboxylic acids is 1. The molecule has 0 spiro atoms. The summed E-state index contributed by atoms with van der Waals surface area (Å²) in [5, 5.41) is 13.8. The molecule has 0 saturated heterocycles. The van der Waals surface area contributed by atoms with Gasteiger partial charge in [-0.25, -0.2) is 13.1 Å². The number of nitrogens with one attached hydrogen (secondary N) is 1. The van der Waals surface area contributed by atoms with Crippen molar-refractivity contribution >= 4 is 27.6 Å². The van der Waals surface area contributed by atoms with Crippen LogP contribution >= 0.6 is 11.6 Å². The fourth-order valence-corrected chi connectivity index (χ4v) is 3.82. The van der Waals surface area contributed by atoms with Crippen molar-refractivity contribution in [1.82, 2.24) is 14.5 Å². The molecule has 0 fully saturated rings. The highest BCUT2D eigenvalue weighted by Crippen LogP contribution is 2.20. The van der Waals surface area contributed by atoms with Crippen LogP contribution in [-0.2, 0) is 14.8 Å². The first-order chi connectivity index (χ1) is 11.1. The molecule has 0 amide bonds. The fourth-order valence-electron chi connectivity index (χ4n) is 2.20. The average Bonchev–Trinajstić information content (AvgIpc) is 2.88. The third-order valence-corrected chi connectivity index (χ3v) is 5.34. The molecule has 0 bridgehead atoms. The predicted octanol–water partition coefficient (Wildman–Crippen LogP) is 2.22. The average molecular weight is 372 g/mol. The van der Waals surface area contributed by atoms with Crippen LogP contribution < -0.4 is 4.72 Å². The minimum Gasteiger partial charge on any atom is -0.480 e. The molecule has 1 atom stereocenters. The number of sulfonamides is 1. The molecule has 0 aliphatic heterocycles. The largest absolute Gasteiger partial charge is 0.480 e. The van der Waals surface area contributed by atoms with E-state index in [9.17, 15) is 18.3 Å². The van der Waals surface area contributed by atoms with Crippen molar-refractivity contribution < 1.29 is 18.3 Å². The summed E-state index contributed by atoms with van der Waals surface area (Å²) in [5.74, 6) is -1.62. The Morgan fingerprint density at radius 2 is 1.88 bits per heavy atom. The molecule has 0 saturated carbocycles. The number of benzene rings is 1. The summed E-state index contributed by atoms with van der Waals surface area (Å²) >= 11 is 5.84. The zero-order valence-electron chi connectivity index (χ0n) is 13.4. The van der Waals surface area contributed by atoms with E-state index in [1.54, 1.807) is 45.0 Å². The fraction of sp³-hybridized carbons (Fsp3) is 0.333. The van der Waals surface area contributed by atoms with Crippen LogP contribution in [0.4, 0.5) is 0 Å². The van der Waals surface area contributed by atoms with Crippen molar-refractivity contribution in [3.63, 3.8) is 0 Å². The highest BCUT2D eigenvalue weighted by atomic mass is 35.5. The van der Waals surface area contributed by atoms with E-state index in [1.165, 1.54) is 10.9 Å². The van der Waals surface area contributed by atoms with Gasteiger partial charge < -0.3 is 5.11 Å². The first kappa shape index (κ1) is 18.4. The molecule has 130 valence electrons. The maximum absolute atomic E-state index is 12.5. The maximum atomic E-state index is 12.5. The third kappa shape index (κ3) is 3.77.